The summed E-state index contributed by atoms with van der Waals surface area (Å²) >= 11 is 0. The molecule has 1 heterocycles. The fraction of sp³-hybridized carbons (Fsp3) is 0.192. The van der Waals surface area contributed by atoms with Gasteiger partial charge in [-0.15, -0.1) is 5.10 Å². The molecule has 7 nitrogen and oxygen atoms in total. The van der Waals surface area contributed by atoms with Crippen LogP contribution in [0.3, 0.4) is 0 Å². The first-order chi connectivity index (χ1) is 16.4. The molecule has 0 spiro atoms. The van der Waals surface area contributed by atoms with Crippen molar-refractivity contribution in [1.29, 1.82) is 0 Å². The van der Waals surface area contributed by atoms with Crippen molar-refractivity contribution in [2.75, 3.05) is 19.0 Å². The Balaban J connectivity index is 1.62. The summed E-state index contributed by atoms with van der Waals surface area (Å²) < 4.78 is 26.2. The van der Waals surface area contributed by atoms with Crippen molar-refractivity contribution in [3.05, 3.63) is 84.2 Å². The first kappa shape index (κ1) is 23.0. The number of halogens is 1. The van der Waals surface area contributed by atoms with E-state index in [9.17, 15) is 9.18 Å². The van der Waals surface area contributed by atoms with E-state index in [4.69, 9.17) is 9.47 Å². The molecule has 1 aromatic heterocycles. The first-order valence-corrected chi connectivity index (χ1v) is 10.8. The molecule has 4 rings (SSSR count). The van der Waals surface area contributed by atoms with Crippen LogP contribution in [0.1, 0.15) is 24.2 Å². The van der Waals surface area contributed by atoms with Gasteiger partial charge < -0.3 is 14.8 Å². The molecule has 34 heavy (non-hydrogen) atoms. The van der Waals surface area contributed by atoms with E-state index in [0.717, 1.165) is 11.3 Å². The van der Waals surface area contributed by atoms with Gasteiger partial charge in [0.05, 0.1) is 19.4 Å². The topological polar surface area (TPSA) is 78.3 Å². The molecule has 0 fully saturated rings. The zero-order valence-corrected chi connectivity index (χ0v) is 19.2. The van der Waals surface area contributed by atoms with E-state index < -0.39 is 11.7 Å². The van der Waals surface area contributed by atoms with Crippen molar-refractivity contribution in [2.24, 2.45) is 5.92 Å². The minimum atomic E-state index is -0.463. The lowest BCUT2D eigenvalue weighted by Gasteiger charge is -2.09. The quantitative estimate of drug-likeness (QED) is 0.383. The van der Waals surface area contributed by atoms with Crippen molar-refractivity contribution in [3.63, 3.8) is 0 Å². The molecule has 0 aliphatic rings. The highest BCUT2D eigenvalue weighted by molar-refractivity contribution is 6.04. The minimum Gasteiger partial charge on any atom is -0.497 e. The van der Waals surface area contributed by atoms with E-state index in [1.54, 1.807) is 30.0 Å². The number of rotatable bonds is 8. The van der Waals surface area contributed by atoms with E-state index in [1.165, 1.54) is 18.2 Å². The Hall–Kier alpha value is -4.20. The third-order valence-corrected chi connectivity index (χ3v) is 4.92. The molecule has 8 heteroatoms. The van der Waals surface area contributed by atoms with Crippen LogP contribution >= 0.6 is 0 Å². The van der Waals surface area contributed by atoms with Crippen LogP contribution in [-0.2, 0) is 0 Å². The molecule has 0 atom stereocenters. The molecule has 0 saturated carbocycles. The van der Waals surface area contributed by atoms with Gasteiger partial charge in [-0.1, -0.05) is 32.0 Å². The van der Waals surface area contributed by atoms with Gasteiger partial charge in [-0.25, -0.2) is 9.07 Å². The fourth-order valence-corrected chi connectivity index (χ4v) is 3.24. The second kappa shape index (κ2) is 10.2. The lowest BCUT2D eigenvalue weighted by Crippen LogP contribution is -2.12. The third kappa shape index (κ3) is 5.40. The predicted molar refractivity (Wildman–Crippen MR) is 128 cm³/mol. The van der Waals surface area contributed by atoms with Crippen molar-refractivity contribution in [3.8, 4) is 28.8 Å². The monoisotopic (exact) mass is 460 g/mol. The second-order valence-electron chi connectivity index (χ2n) is 8.08. The number of carbonyl (C=O) groups is 1. The largest absolute Gasteiger partial charge is 0.497 e. The van der Waals surface area contributed by atoms with Gasteiger partial charge in [-0.3, -0.25) is 4.79 Å². The number of hydrogen-bond acceptors (Lipinski definition) is 5. The number of benzene rings is 3. The zero-order chi connectivity index (χ0) is 24.1. The molecule has 1 amide bonds. The summed E-state index contributed by atoms with van der Waals surface area (Å²) in [6.07, 6.45) is 0. The van der Waals surface area contributed by atoms with Gasteiger partial charge in [0, 0.05) is 16.8 Å². The lowest BCUT2D eigenvalue weighted by atomic mass is 10.2. The SMILES string of the molecule is COc1cccc(-c2nc(OCC(C)C)nn2-c2ccc(NC(=O)c3cccc(F)c3)cc2)c1. The molecule has 3 aromatic carbocycles. The molecule has 0 radical (unpaired) electrons. The summed E-state index contributed by atoms with van der Waals surface area (Å²) in [7, 11) is 1.61. The summed E-state index contributed by atoms with van der Waals surface area (Å²) in [6, 6.07) is 20.5. The average Bonchev–Trinajstić information content (AvgIpc) is 3.27. The number of amides is 1. The van der Waals surface area contributed by atoms with Gasteiger partial charge in [0.15, 0.2) is 5.82 Å². The Labute approximate surface area is 197 Å². The Morgan fingerprint density at radius 1 is 1.06 bits per heavy atom. The summed E-state index contributed by atoms with van der Waals surface area (Å²) in [5.41, 5.74) is 2.35. The molecule has 0 unspecified atom stereocenters. The van der Waals surface area contributed by atoms with Crippen molar-refractivity contribution in [2.45, 2.75) is 13.8 Å². The number of methoxy groups -OCH3 is 1. The van der Waals surface area contributed by atoms with Crippen LogP contribution < -0.4 is 14.8 Å². The molecule has 0 saturated heterocycles. The van der Waals surface area contributed by atoms with Crippen LogP contribution in [0.4, 0.5) is 10.1 Å². The molecule has 4 aromatic rings. The number of nitrogens with one attached hydrogen (secondary N) is 1. The number of carbonyl (C=O) groups excluding carboxylic acids is 1. The highest BCUT2D eigenvalue weighted by Crippen LogP contribution is 2.27. The zero-order valence-electron chi connectivity index (χ0n) is 19.2. The van der Waals surface area contributed by atoms with E-state index in [1.807, 2.05) is 36.4 Å². The van der Waals surface area contributed by atoms with Crippen molar-refractivity contribution >= 4 is 11.6 Å². The van der Waals surface area contributed by atoms with Gasteiger partial charge in [0.2, 0.25) is 0 Å². The average molecular weight is 461 g/mol. The van der Waals surface area contributed by atoms with E-state index in [2.05, 4.69) is 29.2 Å². The van der Waals surface area contributed by atoms with E-state index >= 15 is 0 Å². The second-order valence-corrected chi connectivity index (χ2v) is 8.08. The standard InChI is InChI=1S/C26H25FN4O3/c1-17(2)16-34-26-29-24(18-6-5-9-23(15-18)33-3)31(30-26)22-12-10-21(11-13-22)28-25(32)19-7-4-8-20(27)14-19/h4-15,17H,16H2,1-3H3,(H,28,32). The molecular weight excluding hydrogens is 435 g/mol. The highest BCUT2D eigenvalue weighted by atomic mass is 19.1. The van der Waals surface area contributed by atoms with Crippen LogP contribution in [0.25, 0.3) is 17.1 Å². The smallest absolute Gasteiger partial charge is 0.336 e. The predicted octanol–water partition coefficient (Wildman–Crippen LogP) is 5.37. The summed E-state index contributed by atoms with van der Waals surface area (Å²) in [5, 5.41) is 7.32. The highest BCUT2D eigenvalue weighted by Gasteiger charge is 2.16. The Morgan fingerprint density at radius 2 is 1.82 bits per heavy atom. The first-order valence-electron chi connectivity index (χ1n) is 10.8. The number of aromatic nitrogens is 3. The van der Waals surface area contributed by atoms with Gasteiger partial charge >= 0.3 is 6.01 Å². The number of nitrogens with zero attached hydrogens (tertiary/aromatic N) is 3. The van der Waals surface area contributed by atoms with Crippen LogP contribution in [0, 0.1) is 11.7 Å². The van der Waals surface area contributed by atoms with Crippen LogP contribution in [-0.4, -0.2) is 34.4 Å². The van der Waals surface area contributed by atoms with Crippen LogP contribution in [0.15, 0.2) is 72.8 Å². The molecule has 0 aliphatic heterocycles. The Morgan fingerprint density at radius 3 is 2.53 bits per heavy atom. The molecular formula is C26H25FN4O3. The van der Waals surface area contributed by atoms with Crippen molar-refractivity contribution in [1.82, 2.24) is 14.8 Å². The summed E-state index contributed by atoms with van der Waals surface area (Å²) in [5.74, 6) is 0.763. The minimum absolute atomic E-state index is 0.243. The van der Waals surface area contributed by atoms with E-state index in [-0.39, 0.29) is 11.6 Å². The summed E-state index contributed by atoms with van der Waals surface area (Å²) in [6.45, 7) is 4.60. The third-order valence-electron chi connectivity index (χ3n) is 4.92. The van der Waals surface area contributed by atoms with Crippen LogP contribution in [0.2, 0.25) is 0 Å². The maximum atomic E-state index is 13.4. The molecule has 1 N–H and O–H groups in total. The Kier molecular flexibility index (Phi) is 6.87. The maximum absolute atomic E-state index is 13.4. The molecule has 0 bridgehead atoms. The number of ether oxygens (including phenoxy) is 2. The van der Waals surface area contributed by atoms with Gasteiger partial charge in [0.1, 0.15) is 11.6 Å². The normalized spacial score (nSPS) is 10.9. The fourth-order valence-electron chi connectivity index (χ4n) is 3.24. The Bertz CT molecular complexity index is 1290. The number of anilines is 1. The number of hydrogen-bond donors (Lipinski definition) is 1. The lowest BCUT2D eigenvalue weighted by molar-refractivity contribution is 0.102. The summed E-state index contributed by atoms with van der Waals surface area (Å²) in [4.78, 5) is 17.0. The van der Waals surface area contributed by atoms with Gasteiger partial charge in [-0.05, 0) is 60.5 Å². The van der Waals surface area contributed by atoms with Crippen molar-refractivity contribution < 1.29 is 18.7 Å². The van der Waals surface area contributed by atoms with E-state index in [0.29, 0.717) is 29.8 Å². The van der Waals surface area contributed by atoms with Gasteiger partial charge in [-0.2, -0.15) is 4.98 Å². The molecule has 174 valence electrons. The maximum Gasteiger partial charge on any atom is 0.336 e. The van der Waals surface area contributed by atoms with Crippen LogP contribution in [0.5, 0.6) is 11.8 Å². The molecule has 0 aliphatic carbocycles. The van der Waals surface area contributed by atoms with Gasteiger partial charge in [0.25, 0.3) is 5.91 Å².